The summed E-state index contributed by atoms with van der Waals surface area (Å²) >= 11 is 0. The van der Waals surface area contributed by atoms with E-state index in [1.54, 1.807) is 19.2 Å². The second-order valence-corrected chi connectivity index (χ2v) is 3.23. The van der Waals surface area contributed by atoms with Gasteiger partial charge in [0.05, 0.1) is 11.3 Å². The number of anilines is 1. The first-order chi connectivity index (χ1) is 7.10. The lowest BCUT2D eigenvalue weighted by Crippen LogP contribution is -2.24. The summed E-state index contributed by atoms with van der Waals surface area (Å²) in [7, 11) is 1.62. The molecular formula is C12H12N2O. The SMILES string of the molecule is C=CC(=O)N(C)c1cc(C)ccc1C#N. The van der Waals surface area contributed by atoms with Crippen molar-refractivity contribution in [1.82, 2.24) is 0 Å². The normalized spacial score (nSPS) is 9.13. The molecule has 3 heteroatoms. The second-order valence-electron chi connectivity index (χ2n) is 3.23. The number of likely N-dealkylation sites (N-methyl/N-ethyl adjacent to an activating group) is 1. The van der Waals surface area contributed by atoms with Crippen molar-refractivity contribution in [2.75, 3.05) is 11.9 Å². The highest BCUT2D eigenvalue weighted by Gasteiger charge is 2.11. The van der Waals surface area contributed by atoms with E-state index in [4.69, 9.17) is 5.26 Å². The number of rotatable bonds is 2. The molecule has 0 fully saturated rings. The van der Waals surface area contributed by atoms with Gasteiger partial charge in [-0.05, 0) is 30.7 Å². The maximum Gasteiger partial charge on any atom is 0.250 e. The molecule has 0 unspecified atom stereocenters. The van der Waals surface area contributed by atoms with Crippen molar-refractivity contribution >= 4 is 11.6 Å². The van der Waals surface area contributed by atoms with E-state index in [1.165, 1.54) is 11.0 Å². The van der Waals surface area contributed by atoms with Crippen molar-refractivity contribution in [2.45, 2.75) is 6.92 Å². The van der Waals surface area contributed by atoms with Crippen molar-refractivity contribution < 1.29 is 4.79 Å². The van der Waals surface area contributed by atoms with Crippen LogP contribution in [0.3, 0.4) is 0 Å². The van der Waals surface area contributed by atoms with Gasteiger partial charge in [0.25, 0.3) is 0 Å². The molecule has 3 nitrogen and oxygen atoms in total. The summed E-state index contributed by atoms with van der Waals surface area (Å²) < 4.78 is 0. The maximum atomic E-state index is 11.4. The molecule has 0 aromatic heterocycles. The molecule has 0 heterocycles. The van der Waals surface area contributed by atoms with E-state index in [0.717, 1.165) is 5.56 Å². The van der Waals surface area contributed by atoms with Gasteiger partial charge >= 0.3 is 0 Å². The van der Waals surface area contributed by atoms with Crippen LogP contribution < -0.4 is 4.90 Å². The molecule has 1 aromatic rings. The first kappa shape index (κ1) is 11.0. The van der Waals surface area contributed by atoms with Gasteiger partial charge in [-0.25, -0.2) is 0 Å². The standard InChI is InChI=1S/C12H12N2O/c1-4-12(15)14(3)11-7-9(2)5-6-10(11)8-13/h4-7H,1H2,2-3H3. The Hall–Kier alpha value is -2.08. The van der Waals surface area contributed by atoms with Crippen LogP contribution in [0.25, 0.3) is 0 Å². The topological polar surface area (TPSA) is 44.1 Å². The number of carbonyl (C=O) groups is 1. The van der Waals surface area contributed by atoms with Gasteiger partial charge in [0.15, 0.2) is 0 Å². The first-order valence-electron chi connectivity index (χ1n) is 4.51. The fourth-order valence-electron chi connectivity index (χ4n) is 1.27. The molecule has 0 aliphatic carbocycles. The third kappa shape index (κ3) is 2.23. The summed E-state index contributed by atoms with van der Waals surface area (Å²) in [5.41, 5.74) is 2.11. The second kappa shape index (κ2) is 4.43. The molecule has 0 bridgehead atoms. The molecule has 1 rings (SSSR count). The van der Waals surface area contributed by atoms with Crippen molar-refractivity contribution in [3.63, 3.8) is 0 Å². The lowest BCUT2D eigenvalue weighted by molar-refractivity contribution is -0.113. The Balaban J connectivity index is 3.23. The predicted molar refractivity (Wildman–Crippen MR) is 59.5 cm³/mol. The van der Waals surface area contributed by atoms with Crippen LogP contribution in [0, 0.1) is 18.3 Å². The molecule has 0 aliphatic rings. The third-order valence-electron chi connectivity index (χ3n) is 2.14. The lowest BCUT2D eigenvalue weighted by atomic mass is 10.1. The number of hydrogen-bond donors (Lipinski definition) is 0. The summed E-state index contributed by atoms with van der Waals surface area (Å²) in [6, 6.07) is 7.41. The number of hydrogen-bond acceptors (Lipinski definition) is 2. The highest BCUT2D eigenvalue weighted by molar-refractivity contribution is 6.01. The molecule has 0 radical (unpaired) electrons. The molecule has 0 spiro atoms. The Labute approximate surface area is 89.2 Å². The van der Waals surface area contributed by atoms with Crippen molar-refractivity contribution in [3.05, 3.63) is 42.0 Å². The number of carbonyl (C=O) groups excluding carboxylic acids is 1. The van der Waals surface area contributed by atoms with E-state index in [1.807, 2.05) is 13.0 Å². The average Bonchev–Trinajstić information content (AvgIpc) is 2.27. The smallest absolute Gasteiger partial charge is 0.250 e. The predicted octanol–water partition coefficient (Wildman–Crippen LogP) is 2.02. The van der Waals surface area contributed by atoms with Gasteiger partial charge in [0, 0.05) is 7.05 Å². The fourth-order valence-corrected chi connectivity index (χ4v) is 1.27. The molecule has 1 aromatic carbocycles. The minimum atomic E-state index is -0.225. The Morgan fingerprint density at radius 2 is 2.27 bits per heavy atom. The molecule has 15 heavy (non-hydrogen) atoms. The summed E-state index contributed by atoms with van der Waals surface area (Å²) in [6.45, 7) is 5.32. The Kier molecular flexibility index (Phi) is 3.25. The number of nitriles is 1. The highest BCUT2D eigenvalue weighted by Crippen LogP contribution is 2.20. The van der Waals surface area contributed by atoms with E-state index in [-0.39, 0.29) is 5.91 Å². The number of aryl methyl sites for hydroxylation is 1. The number of amides is 1. The Morgan fingerprint density at radius 3 is 2.80 bits per heavy atom. The average molecular weight is 200 g/mol. The van der Waals surface area contributed by atoms with Gasteiger partial charge in [0.1, 0.15) is 6.07 Å². The van der Waals surface area contributed by atoms with E-state index in [9.17, 15) is 4.79 Å². The maximum absolute atomic E-state index is 11.4. The summed E-state index contributed by atoms with van der Waals surface area (Å²) in [6.07, 6.45) is 1.23. The quantitative estimate of drug-likeness (QED) is 0.685. The zero-order chi connectivity index (χ0) is 11.4. The summed E-state index contributed by atoms with van der Waals surface area (Å²) in [4.78, 5) is 12.8. The Morgan fingerprint density at radius 1 is 1.60 bits per heavy atom. The molecule has 1 amide bonds. The molecule has 76 valence electrons. The minimum Gasteiger partial charge on any atom is -0.311 e. The van der Waals surface area contributed by atoms with Crippen molar-refractivity contribution in [1.29, 1.82) is 5.26 Å². The summed E-state index contributed by atoms with van der Waals surface area (Å²) in [5.74, 6) is -0.225. The van der Waals surface area contributed by atoms with Crippen LogP contribution in [0.1, 0.15) is 11.1 Å². The molecular weight excluding hydrogens is 188 g/mol. The van der Waals surface area contributed by atoms with Crippen LogP contribution >= 0.6 is 0 Å². The number of nitrogens with zero attached hydrogens (tertiary/aromatic N) is 2. The van der Waals surface area contributed by atoms with E-state index < -0.39 is 0 Å². The van der Waals surface area contributed by atoms with E-state index >= 15 is 0 Å². The lowest BCUT2D eigenvalue weighted by Gasteiger charge is -2.17. The first-order valence-corrected chi connectivity index (χ1v) is 4.51. The van der Waals surface area contributed by atoms with Gasteiger partial charge in [-0.15, -0.1) is 0 Å². The van der Waals surface area contributed by atoms with Crippen LogP contribution in [0.5, 0.6) is 0 Å². The summed E-state index contributed by atoms with van der Waals surface area (Å²) in [5, 5.41) is 8.90. The van der Waals surface area contributed by atoms with Gasteiger partial charge in [-0.2, -0.15) is 5.26 Å². The minimum absolute atomic E-state index is 0.225. The molecule has 0 saturated carbocycles. The van der Waals surface area contributed by atoms with Crippen molar-refractivity contribution in [2.24, 2.45) is 0 Å². The van der Waals surface area contributed by atoms with Crippen LogP contribution in [0.2, 0.25) is 0 Å². The number of benzene rings is 1. The van der Waals surface area contributed by atoms with Crippen LogP contribution in [-0.4, -0.2) is 13.0 Å². The van der Waals surface area contributed by atoms with E-state index in [0.29, 0.717) is 11.3 Å². The largest absolute Gasteiger partial charge is 0.311 e. The van der Waals surface area contributed by atoms with Gasteiger partial charge in [-0.1, -0.05) is 12.6 Å². The van der Waals surface area contributed by atoms with Gasteiger partial charge in [-0.3, -0.25) is 4.79 Å². The fraction of sp³-hybridized carbons (Fsp3) is 0.167. The zero-order valence-corrected chi connectivity index (χ0v) is 8.82. The monoisotopic (exact) mass is 200 g/mol. The van der Waals surface area contributed by atoms with Crippen LogP contribution in [0.4, 0.5) is 5.69 Å². The van der Waals surface area contributed by atoms with Crippen LogP contribution in [0.15, 0.2) is 30.9 Å². The van der Waals surface area contributed by atoms with Crippen molar-refractivity contribution in [3.8, 4) is 6.07 Å². The molecule has 0 N–H and O–H groups in total. The molecule has 0 aliphatic heterocycles. The Bertz CT molecular complexity index is 443. The van der Waals surface area contributed by atoms with Gasteiger partial charge in [0.2, 0.25) is 5.91 Å². The third-order valence-corrected chi connectivity index (χ3v) is 2.14. The van der Waals surface area contributed by atoms with Crippen LogP contribution in [-0.2, 0) is 4.79 Å². The molecule has 0 atom stereocenters. The highest BCUT2D eigenvalue weighted by atomic mass is 16.2. The van der Waals surface area contributed by atoms with Gasteiger partial charge < -0.3 is 4.90 Å². The van der Waals surface area contributed by atoms with E-state index in [2.05, 4.69) is 12.6 Å². The molecule has 0 saturated heterocycles. The zero-order valence-electron chi connectivity index (χ0n) is 8.82.